The number of amides is 1. The van der Waals surface area contributed by atoms with Crippen molar-refractivity contribution >= 4 is 5.91 Å². The highest BCUT2D eigenvalue weighted by Crippen LogP contribution is 2.11. The van der Waals surface area contributed by atoms with E-state index in [4.69, 9.17) is 9.15 Å². The van der Waals surface area contributed by atoms with Crippen LogP contribution in [0.5, 0.6) is 5.75 Å². The Kier molecular flexibility index (Phi) is 5.55. The second kappa shape index (κ2) is 7.61. The van der Waals surface area contributed by atoms with Crippen LogP contribution in [0, 0.1) is 5.82 Å². The van der Waals surface area contributed by atoms with Crippen LogP contribution < -0.4 is 10.1 Å². The molecule has 1 atom stereocenters. The third-order valence-electron chi connectivity index (χ3n) is 2.99. The van der Waals surface area contributed by atoms with Crippen molar-refractivity contribution in [1.29, 1.82) is 0 Å². The smallest absolute Gasteiger partial charge is 0.287 e. The molecule has 0 aliphatic heterocycles. The topological polar surface area (TPSA) is 71.7 Å². The Hall–Kier alpha value is -2.34. The maximum absolute atomic E-state index is 12.7. The first kappa shape index (κ1) is 16.0. The second-order valence-corrected chi connectivity index (χ2v) is 4.75. The summed E-state index contributed by atoms with van der Waals surface area (Å²) in [4.78, 5) is 11.8. The number of aliphatic hydroxyl groups excluding tert-OH is 1. The van der Waals surface area contributed by atoms with E-state index < -0.39 is 6.10 Å². The SMILES string of the molecule is CCc1ccc(C(=O)NCC(O)COc2ccc(F)cc2)o1. The zero-order valence-electron chi connectivity index (χ0n) is 12.2. The number of carbonyl (C=O) groups excluding carboxylic acids is 1. The largest absolute Gasteiger partial charge is 0.491 e. The summed E-state index contributed by atoms with van der Waals surface area (Å²) in [5.74, 6) is 0.643. The summed E-state index contributed by atoms with van der Waals surface area (Å²) in [6.45, 7) is 1.95. The first-order valence-corrected chi connectivity index (χ1v) is 7.02. The minimum atomic E-state index is -0.880. The monoisotopic (exact) mass is 307 g/mol. The molecule has 0 bridgehead atoms. The lowest BCUT2D eigenvalue weighted by atomic mass is 10.3. The van der Waals surface area contributed by atoms with E-state index in [1.54, 1.807) is 12.1 Å². The molecule has 5 nitrogen and oxygen atoms in total. The van der Waals surface area contributed by atoms with Crippen LogP contribution in [0.1, 0.15) is 23.2 Å². The maximum atomic E-state index is 12.7. The molecule has 1 aromatic heterocycles. The molecule has 0 saturated carbocycles. The van der Waals surface area contributed by atoms with Crippen LogP contribution in [-0.4, -0.2) is 30.3 Å². The number of aliphatic hydroxyl groups is 1. The van der Waals surface area contributed by atoms with Crippen LogP contribution in [-0.2, 0) is 6.42 Å². The van der Waals surface area contributed by atoms with Crippen LogP contribution >= 0.6 is 0 Å². The summed E-state index contributed by atoms with van der Waals surface area (Å²) in [5.41, 5.74) is 0. The van der Waals surface area contributed by atoms with Gasteiger partial charge in [0.05, 0.1) is 0 Å². The normalized spacial score (nSPS) is 12.0. The number of hydrogen-bond donors (Lipinski definition) is 2. The predicted octanol–water partition coefficient (Wildman–Crippen LogP) is 2.15. The van der Waals surface area contributed by atoms with Crippen LogP contribution in [0.2, 0.25) is 0 Å². The van der Waals surface area contributed by atoms with Crippen molar-refractivity contribution in [2.45, 2.75) is 19.4 Å². The van der Waals surface area contributed by atoms with Crippen molar-refractivity contribution in [3.63, 3.8) is 0 Å². The van der Waals surface area contributed by atoms with Crippen molar-refractivity contribution in [3.05, 3.63) is 53.7 Å². The maximum Gasteiger partial charge on any atom is 0.287 e. The van der Waals surface area contributed by atoms with Crippen LogP contribution in [0.4, 0.5) is 4.39 Å². The number of aryl methyl sites for hydroxylation is 1. The molecular formula is C16H18FNO4. The van der Waals surface area contributed by atoms with Gasteiger partial charge in [0.25, 0.3) is 5.91 Å². The van der Waals surface area contributed by atoms with Crippen LogP contribution in [0.3, 0.4) is 0 Å². The first-order valence-electron chi connectivity index (χ1n) is 7.02. The fourth-order valence-corrected chi connectivity index (χ4v) is 1.77. The molecular weight excluding hydrogens is 289 g/mol. The van der Waals surface area contributed by atoms with Gasteiger partial charge in [-0.1, -0.05) is 6.92 Å². The molecule has 1 heterocycles. The molecule has 118 valence electrons. The van der Waals surface area contributed by atoms with E-state index in [0.717, 1.165) is 5.76 Å². The van der Waals surface area contributed by atoms with Gasteiger partial charge in [0.1, 0.15) is 30.0 Å². The van der Waals surface area contributed by atoms with Crippen molar-refractivity contribution < 1.29 is 23.4 Å². The van der Waals surface area contributed by atoms with Crippen LogP contribution in [0.15, 0.2) is 40.8 Å². The summed E-state index contributed by atoms with van der Waals surface area (Å²) in [5, 5.41) is 12.3. The number of benzene rings is 1. The van der Waals surface area contributed by atoms with Gasteiger partial charge in [0, 0.05) is 13.0 Å². The number of carbonyl (C=O) groups is 1. The molecule has 0 aliphatic carbocycles. The summed E-state index contributed by atoms with van der Waals surface area (Å²) < 4.78 is 23.3. The van der Waals surface area contributed by atoms with Gasteiger partial charge in [-0.15, -0.1) is 0 Å². The zero-order valence-corrected chi connectivity index (χ0v) is 12.2. The summed E-state index contributed by atoms with van der Waals surface area (Å²) in [7, 11) is 0. The Morgan fingerprint density at radius 2 is 2.05 bits per heavy atom. The average molecular weight is 307 g/mol. The second-order valence-electron chi connectivity index (χ2n) is 4.75. The van der Waals surface area contributed by atoms with E-state index in [0.29, 0.717) is 12.2 Å². The van der Waals surface area contributed by atoms with E-state index in [1.165, 1.54) is 24.3 Å². The molecule has 2 rings (SSSR count). The van der Waals surface area contributed by atoms with E-state index in [-0.39, 0.29) is 30.6 Å². The number of nitrogens with one attached hydrogen (secondary N) is 1. The van der Waals surface area contributed by atoms with Gasteiger partial charge in [-0.2, -0.15) is 0 Å². The molecule has 1 aromatic carbocycles. The van der Waals surface area contributed by atoms with Gasteiger partial charge in [-0.3, -0.25) is 4.79 Å². The van der Waals surface area contributed by atoms with Gasteiger partial charge in [-0.25, -0.2) is 4.39 Å². The number of hydrogen-bond acceptors (Lipinski definition) is 4. The van der Waals surface area contributed by atoms with Crippen molar-refractivity contribution in [2.75, 3.05) is 13.2 Å². The fraction of sp³-hybridized carbons (Fsp3) is 0.312. The molecule has 2 aromatic rings. The highest BCUT2D eigenvalue weighted by molar-refractivity contribution is 5.91. The van der Waals surface area contributed by atoms with E-state index in [9.17, 15) is 14.3 Å². The molecule has 22 heavy (non-hydrogen) atoms. The van der Waals surface area contributed by atoms with Gasteiger partial charge >= 0.3 is 0 Å². The molecule has 0 aliphatic rings. The lowest BCUT2D eigenvalue weighted by molar-refractivity contribution is 0.0820. The molecule has 6 heteroatoms. The Bertz CT molecular complexity index is 609. The van der Waals surface area contributed by atoms with Crippen molar-refractivity contribution in [3.8, 4) is 5.75 Å². The Morgan fingerprint density at radius 1 is 1.32 bits per heavy atom. The van der Waals surface area contributed by atoms with E-state index >= 15 is 0 Å². The quantitative estimate of drug-likeness (QED) is 0.822. The Balaban J connectivity index is 1.73. The number of rotatable bonds is 7. The lowest BCUT2D eigenvalue weighted by Crippen LogP contribution is -2.35. The average Bonchev–Trinajstić information content (AvgIpc) is 3.01. The highest BCUT2D eigenvalue weighted by Gasteiger charge is 2.13. The minimum Gasteiger partial charge on any atom is -0.491 e. The lowest BCUT2D eigenvalue weighted by Gasteiger charge is -2.12. The highest BCUT2D eigenvalue weighted by atomic mass is 19.1. The Morgan fingerprint density at radius 3 is 2.68 bits per heavy atom. The predicted molar refractivity (Wildman–Crippen MR) is 78.3 cm³/mol. The third-order valence-corrected chi connectivity index (χ3v) is 2.99. The number of ether oxygens (including phenoxy) is 1. The molecule has 0 spiro atoms. The summed E-state index contributed by atoms with van der Waals surface area (Å²) >= 11 is 0. The van der Waals surface area contributed by atoms with Crippen molar-refractivity contribution in [2.24, 2.45) is 0 Å². The third kappa shape index (κ3) is 4.60. The number of halogens is 1. The number of furan rings is 1. The van der Waals surface area contributed by atoms with Gasteiger partial charge < -0.3 is 19.6 Å². The molecule has 0 radical (unpaired) electrons. The molecule has 0 saturated heterocycles. The first-order chi connectivity index (χ1) is 10.6. The van der Waals surface area contributed by atoms with Gasteiger partial charge in [0.15, 0.2) is 5.76 Å². The zero-order chi connectivity index (χ0) is 15.9. The molecule has 1 unspecified atom stereocenters. The summed E-state index contributed by atoms with van der Waals surface area (Å²) in [6, 6.07) is 8.81. The molecule has 1 amide bonds. The summed E-state index contributed by atoms with van der Waals surface area (Å²) in [6.07, 6.45) is -0.170. The molecule has 2 N–H and O–H groups in total. The standard InChI is InChI=1S/C16H18FNO4/c1-2-13-7-8-15(22-13)16(20)18-9-12(19)10-21-14-5-3-11(17)4-6-14/h3-8,12,19H,2,9-10H2,1H3,(H,18,20). The Labute approximate surface area is 127 Å². The van der Waals surface area contributed by atoms with E-state index in [2.05, 4.69) is 5.32 Å². The van der Waals surface area contributed by atoms with Crippen molar-refractivity contribution in [1.82, 2.24) is 5.32 Å². The van der Waals surface area contributed by atoms with E-state index in [1.807, 2.05) is 6.92 Å². The molecule has 0 fully saturated rings. The minimum absolute atomic E-state index is 0.00965. The fourth-order valence-electron chi connectivity index (χ4n) is 1.77. The van der Waals surface area contributed by atoms with Crippen LogP contribution in [0.25, 0.3) is 0 Å². The van der Waals surface area contributed by atoms with Gasteiger partial charge in [0.2, 0.25) is 0 Å². The van der Waals surface area contributed by atoms with Gasteiger partial charge in [-0.05, 0) is 36.4 Å².